The van der Waals surface area contributed by atoms with Gasteiger partial charge in [-0.3, -0.25) is 0 Å². The van der Waals surface area contributed by atoms with Crippen molar-refractivity contribution in [1.29, 1.82) is 0 Å². The Balaban J connectivity index is 0.00000128. The van der Waals surface area contributed by atoms with Crippen molar-refractivity contribution in [3.05, 3.63) is 66.0 Å². The van der Waals surface area contributed by atoms with E-state index in [-0.39, 0.29) is 24.0 Å². The lowest BCUT2D eigenvalue weighted by Gasteiger charge is -1.92. The van der Waals surface area contributed by atoms with Crippen LogP contribution in [0.25, 0.3) is 12.2 Å². The summed E-state index contributed by atoms with van der Waals surface area (Å²) in [5.74, 6) is 0. The van der Waals surface area contributed by atoms with Crippen LogP contribution in [0.3, 0.4) is 0 Å². The van der Waals surface area contributed by atoms with Gasteiger partial charge in [-0.05, 0) is 17.7 Å². The van der Waals surface area contributed by atoms with E-state index in [2.05, 4.69) is 36.5 Å². The van der Waals surface area contributed by atoms with Crippen LogP contribution >= 0.6 is 0 Å². The van der Waals surface area contributed by atoms with Crippen LogP contribution in [0.4, 0.5) is 0 Å². The molecular weight excluding hydrogens is 309 g/mol. The van der Waals surface area contributed by atoms with Crippen molar-refractivity contribution in [2.24, 2.45) is 7.05 Å². The molecule has 0 radical (unpaired) electrons. The first-order valence-electron chi connectivity index (χ1n) is 5.03. The molecule has 0 amide bonds. The number of hydrogen-bond donors (Lipinski definition) is 0. The Morgan fingerprint density at radius 1 is 0.875 bits per heavy atom. The smallest absolute Gasteiger partial charge is 0.175 e. The predicted molar refractivity (Wildman–Crippen MR) is 63.0 cm³/mol. The number of aromatic nitrogens is 1. The molecule has 0 unspecified atom stereocenters. The average Bonchev–Trinajstić information content (AvgIpc) is 2.28. The molecule has 0 aliphatic heterocycles. The molecule has 2 heteroatoms. The number of halogens is 1. The number of rotatable bonds is 2. The van der Waals surface area contributed by atoms with E-state index in [1.54, 1.807) is 0 Å². The van der Waals surface area contributed by atoms with Gasteiger partial charge in [0.25, 0.3) is 0 Å². The summed E-state index contributed by atoms with van der Waals surface area (Å²) in [6.07, 6.45) is 8.37. The summed E-state index contributed by atoms with van der Waals surface area (Å²) in [5.41, 5.74) is 2.44. The largest absolute Gasteiger partial charge is 1.00 e. The molecule has 82 valence electrons. The zero-order valence-electron chi connectivity index (χ0n) is 9.18. The van der Waals surface area contributed by atoms with Crippen LogP contribution in [0, 0.1) is 0 Å². The second kappa shape index (κ2) is 6.43. The van der Waals surface area contributed by atoms with E-state index in [9.17, 15) is 0 Å². The molecule has 2 rings (SSSR count). The lowest BCUT2D eigenvalue weighted by molar-refractivity contribution is -0.671. The molecule has 0 spiro atoms. The first-order valence-corrected chi connectivity index (χ1v) is 5.03. The Hall–Kier alpha value is -1.16. The molecule has 0 fully saturated rings. The van der Waals surface area contributed by atoms with E-state index >= 15 is 0 Å². The fraction of sp³-hybridized carbons (Fsp3) is 0.0714. The molecule has 0 bridgehead atoms. The summed E-state index contributed by atoms with van der Waals surface area (Å²) in [6.45, 7) is 0. The molecule has 16 heavy (non-hydrogen) atoms. The molecule has 0 saturated heterocycles. The Kier molecular flexibility index (Phi) is 5.19. The van der Waals surface area contributed by atoms with Crippen molar-refractivity contribution in [3.8, 4) is 0 Å². The maximum Gasteiger partial charge on any atom is 0.175 e. The maximum atomic E-state index is 2.12. The van der Waals surface area contributed by atoms with Crippen LogP contribution < -0.4 is 28.5 Å². The van der Waals surface area contributed by atoms with Gasteiger partial charge in [-0.2, -0.15) is 0 Å². The van der Waals surface area contributed by atoms with Crippen molar-refractivity contribution in [1.82, 2.24) is 0 Å². The first kappa shape index (κ1) is 12.9. The molecule has 0 aliphatic carbocycles. The third-order valence-corrected chi connectivity index (χ3v) is 2.23. The van der Waals surface area contributed by atoms with Crippen LogP contribution in [0.15, 0.2) is 54.9 Å². The monoisotopic (exact) mass is 323 g/mol. The van der Waals surface area contributed by atoms with E-state index in [1.165, 1.54) is 11.1 Å². The highest BCUT2D eigenvalue weighted by Gasteiger charge is 1.92. The summed E-state index contributed by atoms with van der Waals surface area (Å²) in [5, 5.41) is 0. The lowest BCUT2D eigenvalue weighted by atomic mass is 10.2. The zero-order valence-corrected chi connectivity index (χ0v) is 11.3. The van der Waals surface area contributed by atoms with Crippen LogP contribution in [0.2, 0.25) is 0 Å². The van der Waals surface area contributed by atoms with E-state index in [0.717, 1.165) is 0 Å². The van der Waals surface area contributed by atoms with Gasteiger partial charge in [-0.25, -0.2) is 4.57 Å². The van der Waals surface area contributed by atoms with Crippen molar-refractivity contribution in [3.63, 3.8) is 0 Å². The molecular formula is C14H14IN. The second-order valence-electron chi connectivity index (χ2n) is 3.55. The zero-order chi connectivity index (χ0) is 10.5. The number of aryl methyl sites for hydroxylation is 1. The third-order valence-electron chi connectivity index (χ3n) is 2.23. The highest BCUT2D eigenvalue weighted by Crippen LogP contribution is 2.05. The number of benzene rings is 1. The minimum absolute atomic E-state index is 0. The molecule has 0 aliphatic rings. The van der Waals surface area contributed by atoms with E-state index < -0.39 is 0 Å². The number of hydrogen-bond acceptors (Lipinski definition) is 0. The summed E-state index contributed by atoms with van der Waals surface area (Å²) in [7, 11) is 2.03. The van der Waals surface area contributed by atoms with Crippen LogP contribution in [0.5, 0.6) is 0 Å². The fourth-order valence-corrected chi connectivity index (χ4v) is 1.47. The van der Waals surface area contributed by atoms with Crippen LogP contribution in [0.1, 0.15) is 11.1 Å². The molecule has 0 atom stereocenters. The Morgan fingerprint density at radius 2 is 1.50 bits per heavy atom. The molecule has 1 nitrogen and oxygen atoms in total. The van der Waals surface area contributed by atoms with Crippen LogP contribution in [-0.4, -0.2) is 0 Å². The average molecular weight is 323 g/mol. The number of nitrogens with zero attached hydrogens (tertiary/aromatic N) is 1. The van der Waals surface area contributed by atoms with Gasteiger partial charge in [-0.1, -0.05) is 36.4 Å². The molecule has 0 N–H and O–H groups in total. The van der Waals surface area contributed by atoms with Crippen molar-refractivity contribution in [2.75, 3.05) is 0 Å². The minimum Gasteiger partial charge on any atom is -1.00 e. The van der Waals surface area contributed by atoms with Gasteiger partial charge in [0, 0.05) is 11.6 Å². The van der Waals surface area contributed by atoms with E-state index in [0.29, 0.717) is 0 Å². The topological polar surface area (TPSA) is 3.88 Å². The van der Waals surface area contributed by atoms with Gasteiger partial charge in [0.1, 0.15) is 7.05 Å². The lowest BCUT2D eigenvalue weighted by Crippen LogP contribution is -3.00. The van der Waals surface area contributed by atoms with Crippen molar-refractivity contribution < 1.29 is 28.5 Å². The van der Waals surface area contributed by atoms with Gasteiger partial charge in [-0.15, -0.1) is 0 Å². The van der Waals surface area contributed by atoms with Crippen LogP contribution in [-0.2, 0) is 7.05 Å². The summed E-state index contributed by atoms with van der Waals surface area (Å²) in [6, 6.07) is 14.5. The SMILES string of the molecule is C[n+]1cccc(/C=C/c2ccccc2)c1.[I-]. The van der Waals surface area contributed by atoms with Gasteiger partial charge in [0.05, 0.1) is 0 Å². The normalized spacial score (nSPS) is 10.1. The minimum atomic E-state index is 0. The van der Waals surface area contributed by atoms with E-state index in [1.807, 2.05) is 42.1 Å². The Morgan fingerprint density at radius 3 is 2.19 bits per heavy atom. The molecule has 1 aromatic carbocycles. The predicted octanol–water partition coefficient (Wildman–Crippen LogP) is -0.315. The Bertz CT molecular complexity index is 463. The highest BCUT2D eigenvalue weighted by atomic mass is 127. The standard InChI is InChI=1S/C14H14N.HI/c1-15-11-5-8-14(12-15)10-9-13-6-3-2-4-7-13;/h2-12H,1H3;1H/q+1;/p-1/b10-9+;. The van der Waals surface area contributed by atoms with Gasteiger partial charge in [0.15, 0.2) is 12.4 Å². The molecule has 1 heterocycles. The first-order chi connectivity index (χ1) is 7.34. The quantitative estimate of drug-likeness (QED) is 0.527. The second-order valence-corrected chi connectivity index (χ2v) is 3.55. The van der Waals surface area contributed by atoms with Gasteiger partial charge >= 0.3 is 0 Å². The van der Waals surface area contributed by atoms with Gasteiger partial charge in [0.2, 0.25) is 0 Å². The summed E-state index contributed by atoms with van der Waals surface area (Å²) in [4.78, 5) is 0. The summed E-state index contributed by atoms with van der Waals surface area (Å²) >= 11 is 0. The highest BCUT2D eigenvalue weighted by molar-refractivity contribution is 5.68. The van der Waals surface area contributed by atoms with E-state index in [4.69, 9.17) is 0 Å². The van der Waals surface area contributed by atoms with Crippen molar-refractivity contribution in [2.45, 2.75) is 0 Å². The maximum absolute atomic E-state index is 2.12. The fourth-order valence-electron chi connectivity index (χ4n) is 1.47. The summed E-state index contributed by atoms with van der Waals surface area (Å²) < 4.78 is 2.05. The molecule has 2 aromatic rings. The Labute approximate surface area is 113 Å². The van der Waals surface area contributed by atoms with Crippen molar-refractivity contribution >= 4 is 12.2 Å². The molecule has 0 saturated carbocycles. The number of pyridine rings is 1. The third kappa shape index (κ3) is 3.77. The molecule has 1 aromatic heterocycles. The van der Waals surface area contributed by atoms with Gasteiger partial charge < -0.3 is 24.0 Å².